The quantitative estimate of drug-likeness (QED) is 0.779. The summed E-state index contributed by atoms with van der Waals surface area (Å²) in [5.74, 6) is 2.03. The zero-order chi connectivity index (χ0) is 16.5. The molecule has 0 unspecified atom stereocenters. The molecule has 5 heteroatoms. The molecule has 1 atom stereocenters. The Morgan fingerprint density at radius 1 is 1.33 bits per heavy atom. The number of aromatic nitrogens is 2. The van der Waals surface area contributed by atoms with E-state index in [0.717, 1.165) is 29.0 Å². The molecule has 4 rings (SSSR count). The minimum Gasteiger partial charge on any atom is -0.493 e. The Morgan fingerprint density at radius 2 is 2.21 bits per heavy atom. The Labute approximate surface area is 140 Å². The van der Waals surface area contributed by atoms with Crippen LogP contribution in [-0.4, -0.2) is 29.0 Å². The number of rotatable bonds is 3. The molecule has 0 bridgehead atoms. The summed E-state index contributed by atoms with van der Waals surface area (Å²) < 4.78 is 5.77. The number of hydrogen-bond acceptors (Lipinski definition) is 3. The number of H-pyrrole nitrogens is 1. The number of nitrogens with zero attached hydrogens (tertiary/aromatic N) is 1. The molecule has 0 saturated carbocycles. The number of para-hydroxylation sites is 1. The van der Waals surface area contributed by atoms with E-state index in [4.69, 9.17) is 4.74 Å². The number of aromatic amines is 1. The third-order valence-electron chi connectivity index (χ3n) is 4.37. The Kier molecular flexibility index (Phi) is 3.69. The van der Waals surface area contributed by atoms with Crippen LogP contribution in [0.15, 0.2) is 42.5 Å². The normalized spacial score (nSPS) is 16.5. The first-order chi connectivity index (χ1) is 11.7. The van der Waals surface area contributed by atoms with Gasteiger partial charge in [-0.3, -0.25) is 4.79 Å². The van der Waals surface area contributed by atoms with Crippen LogP contribution >= 0.6 is 0 Å². The van der Waals surface area contributed by atoms with Gasteiger partial charge in [0, 0.05) is 18.0 Å². The topological polar surface area (TPSA) is 67.0 Å². The molecule has 0 spiro atoms. The van der Waals surface area contributed by atoms with E-state index in [1.165, 1.54) is 5.56 Å². The third-order valence-corrected chi connectivity index (χ3v) is 4.37. The highest BCUT2D eigenvalue weighted by Crippen LogP contribution is 2.26. The van der Waals surface area contributed by atoms with Gasteiger partial charge < -0.3 is 15.0 Å². The van der Waals surface area contributed by atoms with Gasteiger partial charge in [0.25, 0.3) is 5.91 Å². The van der Waals surface area contributed by atoms with Gasteiger partial charge in [-0.2, -0.15) is 0 Å². The summed E-state index contributed by atoms with van der Waals surface area (Å²) in [5.41, 5.74) is 3.61. The molecule has 0 fully saturated rings. The number of hydrogen-bond donors (Lipinski definition) is 2. The summed E-state index contributed by atoms with van der Waals surface area (Å²) in [6, 6.07) is 13.6. The average Bonchev–Trinajstić information content (AvgIpc) is 2.98. The Hall–Kier alpha value is -2.82. The first-order valence-corrected chi connectivity index (χ1v) is 8.14. The fourth-order valence-electron chi connectivity index (χ4n) is 3.14. The van der Waals surface area contributed by atoms with Crippen molar-refractivity contribution in [2.45, 2.75) is 13.3 Å². The summed E-state index contributed by atoms with van der Waals surface area (Å²) in [4.78, 5) is 19.9. The van der Waals surface area contributed by atoms with Gasteiger partial charge in [-0.25, -0.2) is 4.98 Å². The van der Waals surface area contributed by atoms with Crippen LogP contribution < -0.4 is 10.1 Å². The lowest BCUT2D eigenvalue weighted by Crippen LogP contribution is -2.34. The van der Waals surface area contributed by atoms with Gasteiger partial charge in [0.2, 0.25) is 0 Å². The summed E-state index contributed by atoms with van der Waals surface area (Å²) in [6.07, 6.45) is 0.926. The second kappa shape index (κ2) is 6.00. The van der Waals surface area contributed by atoms with Gasteiger partial charge in [-0.1, -0.05) is 18.2 Å². The van der Waals surface area contributed by atoms with E-state index in [1.54, 1.807) is 0 Å². The lowest BCUT2D eigenvalue weighted by Gasteiger charge is -2.25. The molecule has 1 aromatic heterocycles. The first-order valence-electron chi connectivity index (χ1n) is 8.14. The minimum absolute atomic E-state index is 0.0667. The standard InChI is InChI=1S/C19H19N3O2/c1-12-21-16-7-6-15(9-17(16)22-12)19(23)20-10-13-8-14-4-2-3-5-18(14)24-11-13/h2-7,9,13H,8,10-11H2,1H3,(H,20,23)(H,21,22)/t13-/m1/s1. The fourth-order valence-corrected chi connectivity index (χ4v) is 3.14. The van der Waals surface area contributed by atoms with Crippen LogP contribution in [0.4, 0.5) is 0 Å². The molecular formula is C19H19N3O2. The van der Waals surface area contributed by atoms with Crippen molar-refractivity contribution < 1.29 is 9.53 Å². The zero-order valence-corrected chi connectivity index (χ0v) is 13.5. The van der Waals surface area contributed by atoms with E-state index >= 15 is 0 Å². The fraction of sp³-hybridized carbons (Fsp3) is 0.263. The van der Waals surface area contributed by atoms with Gasteiger partial charge in [-0.15, -0.1) is 0 Å². The van der Waals surface area contributed by atoms with Crippen LogP contribution in [0.1, 0.15) is 21.7 Å². The van der Waals surface area contributed by atoms with Crippen LogP contribution in [0.2, 0.25) is 0 Å². The highest BCUT2D eigenvalue weighted by Gasteiger charge is 2.20. The minimum atomic E-state index is -0.0667. The molecule has 2 aromatic carbocycles. The zero-order valence-electron chi connectivity index (χ0n) is 13.5. The largest absolute Gasteiger partial charge is 0.493 e. The SMILES string of the molecule is Cc1nc2ccc(C(=O)NC[C@@H]3COc4ccccc4C3)cc2[nH]1. The highest BCUT2D eigenvalue weighted by atomic mass is 16.5. The molecule has 5 nitrogen and oxygen atoms in total. The molecule has 0 radical (unpaired) electrons. The van der Waals surface area contributed by atoms with Crippen molar-refractivity contribution in [3.63, 3.8) is 0 Å². The average molecular weight is 321 g/mol. The predicted octanol–water partition coefficient (Wildman–Crippen LogP) is 2.85. The maximum atomic E-state index is 12.4. The molecule has 122 valence electrons. The molecule has 2 N–H and O–H groups in total. The van der Waals surface area contributed by atoms with Crippen molar-refractivity contribution >= 4 is 16.9 Å². The number of aryl methyl sites for hydroxylation is 1. The summed E-state index contributed by atoms with van der Waals surface area (Å²) >= 11 is 0. The molecule has 24 heavy (non-hydrogen) atoms. The van der Waals surface area contributed by atoms with Gasteiger partial charge in [0.1, 0.15) is 11.6 Å². The van der Waals surface area contributed by atoms with Gasteiger partial charge >= 0.3 is 0 Å². The van der Waals surface area contributed by atoms with E-state index in [2.05, 4.69) is 21.4 Å². The van der Waals surface area contributed by atoms with Crippen LogP contribution in [0.3, 0.4) is 0 Å². The number of nitrogens with one attached hydrogen (secondary N) is 2. The van der Waals surface area contributed by atoms with E-state index in [-0.39, 0.29) is 5.91 Å². The van der Waals surface area contributed by atoms with Gasteiger partial charge in [0.15, 0.2) is 0 Å². The molecule has 3 aromatic rings. The van der Waals surface area contributed by atoms with Crippen molar-refractivity contribution in [1.82, 2.24) is 15.3 Å². The Morgan fingerprint density at radius 3 is 3.12 bits per heavy atom. The van der Waals surface area contributed by atoms with Crippen LogP contribution in [0.25, 0.3) is 11.0 Å². The molecule has 1 aliphatic rings. The van der Waals surface area contributed by atoms with Crippen LogP contribution in [0, 0.1) is 12.8 Å². The van der Waals surface area contributed by atoms with E-state index in [1.807, 2.05) is 43.3 Å². The number of amides is 1. The van der Waals surface area contributed by atoms with Crippen LogP contribution in [-0.2, 0) is 6.42 Å². The van der Waals surface area contributed by atoms with E-state index < -0.39 is 0 Å². The maximum Gasteiger partial charge on any atom is 0.251 e. The molecule has 1 aliphatic heterocycles. The monoisotopic (exact) mass is 321 g/mol. The van der Waals surface area contributed by atoms with Crippen molar-refractivity contribution in [1.29, 1.82) is 0 Å². The highest BCUT2D eigenvalue weighted by molar-refractivity contribution is 5.97. The number of carbonyl (C=O) groups excluding carboxylic acids is 1. The second-order valence-electron chi connectivity index (χ2n) is 6.25. The lowest BCUT2D eigenvalue weighted by atomic mass is 9.96. The van der Waals surface area contributed by atoms with Gasteiger partial charge in [0.05, 0.1) is 17.6 Å². The van der Waals surface area contributed by atoms with Crippen LogP contribution in [0.5, 0.6) is 5.75 Å². The van der Waals surface area contributed by atoms with Gasteiger partial charge in [-0.05, 0) is 43.2 Å². The van der Waals surface area contributed by atoms with E-state index in [9.17, 15) is 4.79 Å². The summed E-state index contributed by atoms with van der Waals surface area (Å²) in [5, 5.41) is 3.02. The van der Waals surface area contributed by atoms with Crippen molar-refractivity contribution in [2.75, 3.05) is 13.2 Å². The molecule has 0 saturated heterocycles. The number of ether oxygens (including phenoxy) is 1. The Bertz CT molecular complexity index is 901. The number of fused-ring (bicyclic) bond motifs is 2. The smallest absolute Gasteiger partial charge is 0.251 e. The summed E-state index contributed by atoms with van der Waals surface area (Å²) in [6.45, 7) is 3.14. The molecular weight excluding hydrogens is 302 g/mol. The summed E-state index contributed by atoms with van der Waals surface area (Å²) in [7, 11) is 0. The lowest BCUT2D eigenvalue weighted by molar-refractivity contribution is 0.0939. The number of benzene rings is 2. The molecule has 2 heterocycles. The van der Waals surface area contributed by atoms with Crippen molar-refractivity contribution in [2.24, 2.45) is 5.92 Å². The number of imidazole rings is 1. The second-order valence-corrected chi connectivity index (χ2v) is 6.25. The predicted molar refractivity (Wildman–Crippen MR) is 92.3 cm³/mol. The number of carbonyl (C=O) groups is 1. The molecule has 1 amide bonds. The maximum absolute atomic E-state index is 12.4. The first kappa shape index (κ1) is 14.8. The van der Waals surface area contributed by atoms with Crippen molar-refractivity contribution in [3.05, 3.63) is 59.4 Å². The third kappa shape index (κ3) is 2.85. The molecule has 0 aliphatic carbocycles. The van der Waals surface area contributed by atoms with Crippen molar-refractivity contribution in [3.8, 4) is 5.75 Å². The van der Waals surface area contributed by atoms with E-state index in [0.29, 0.717) is 24.6 Å². The Balaban J connectivity index is 1.41.